The zero-order chi connectivity index (χ0) is 11.5. The molecule has 0 radical (unpaired) electrons. The fraction of sp³-hybridized carbons (Fsp3) is 0.889. The van der Waals surface area contributed by atoms with Crippen LogP contribution in [0.15, 0.2) is 0 Å². The van der Waals surface area contributed by atoms with Gasteiger partial charge >= 0.3 is 0 Å². The topological polar surface area (TPSA) is 75.0 Å². The Morgan fingerprint density at radius 3 is 2.67 bits per heavy atom. The van der Waals surface area contributed by atoms with E-state index in [1.54, 1.807) is 0 Å². The van der Waals surface area contributed by atoms with Crippen LogP contribution in [0.2, 0.25) is 0 Å². The predicted octanol–water partition coefficient (Wildman–Crippen LogP) is 0.472. The summed E-state index contributed by atoms with van der Waals surface area (Å²) in [6.07, 6.45) is 3.65. The summed E-state index contributed by atoms with van der Waals surface area (Å²) in [4.78, 5) is 0. The highest BCUT2D eigenvalue weighted by atomic mass is 32.2. The van der Waals surface area contributed by atoms with Crippen LogP contribution in [-0.4, -0.2) is 35.6 Å². The van der Waals surface area contributed by atoms with Crippen LogP contribution < -0.4 is 0 Å². The third kappa shape index (κ3) is 3.92. The molecule has 3 unspecified atom stereocenters. The van der Waals surface area contributed by atoms with Gasteiger partial charge in [0, 0.05) is 22.8 Å². The number of sulfone groups is 1. The Kier molecular flexibility index (Phi) is 4.29. The van der Waals surface area contributed by atoms with Crippen LogP contribution in [0.5, 0.6) is 0 Å². The van der Waals surface area contributed by atoms with Crippen molar-refractivity contribution < 1.29 is 12.6 Å². The molecule has 1 rings (SSSR count). The maximum Gasteiger partial charge on any atom is 0.148 e. The third-order valence-corrected chi connectivity index (χ3v) is 5.66. The van der Waals surface area contributed by atoms with Crippen LogP contribution in [0, 0.1) is 17.2 Å². The molecule has 1 saturated carbocycles. The van der Waals surface area contributed by atoms with Crippen LogP contribution in [0.3, 0.4) is 0 Å². The molecule has 0 aromatic rings. The fourth-order valence-corrected chi connectivity index (χ4v) is 4.94. The van der Waals surface area contributed by atoms with E-state index in [2.05, 4.69) is 6.07 Å². The lowest BCUT2D eigenvalue weighted by Crippen LogP contribution is -2.24. The molecule has 0 amide bonds. The van der Waals surface area contributed by atoms with E-state index in [4.69, 9.17) is 5.26 Å². The van der Waals surface area contributed by atoms with Gasteiger partial charge in [0.2, 0.25) is 0 Å². The van der Waals surface area contributed by atoms with Gasteiger partial charge < -0.3 is 0 Å². The van der Waals surface area contributed by atoms with Crippen LogP contribution in [0.25, 0.3) is 0 Å². The lowest BCUT2D eigenvalue weighted by molar-refractivity contribution is 0.602. The first-order chi connectivity index (χ1) is 6.94. The summed E-state index contributed by atoms with van der Waals surface area (Å²) in [7, 11) is -4.22. The van der Waals surface area contributed by atoms with Gasteiger partial charge in [-0.05, 0) is 12.8 Å². The molecule has 15 heavy (non-hydrogen) atoms. The summed E-state index contributed by atoms with van der Waals surface area (Å²) in [6, 6.07) is 2.15. The number of rotatable bonds is 4. The molecule has 0 aliphatic heterocycles. The maximum absolute atomic E-state index is 11.8. The van der Waals surface area contributed by atoms with E-state index in [9.17, 15) is 12.6 Å². The second kappa shape index (κ2) is 5.08. The summed E-state index contributed by atoms with van der Waals surface area (Å²) in [5.74, 6) is -0.0268. The zero-order valence-corrected chi connectivity index (χ0v) is 10.3. The first-order valence-electron chi connectivity index (χ1n) is 4.88. The van der Waals surface area contributed by atoms with Crippen LogP contribution in [-0.2, 0) is 20.6 Å². The van der Waals surface area contributed by atoms with Gasteiger partial charge in [-0.15, -0.1) is 0 Å². The first-order valence-corrected chi connectivity index (χ1v) is 8.33. The van der Waals surface area contributed by atoms with E-state index < -0.39 is 20.6 Å². The van der Waals surface area contributed by atoms with Gasteiger partial charge in [-0.2, -0.15) is 5.26 Å². The molecule has 4 nitrogen and oxygen atoms in total. The molecule has 1 aliphatic rings. The van der Waals surface area contributed by atoms with E-state index in [0.717, 1.165) is 25.5 Å². The van der Waals surface area contributed by atoms with E-state index in [1.165, 1.54) is 0 Å². The third-order valence-electron chi connectivity index (χ3n) is 2.61. The zero-order valence-electron chi connectivity index (χ0n) is 8.68. The quantitative estimate of drug-likeness (QED) is 0.726. The minimum Gasteiger partial charge on any atom is -0.259 e. The number of nitriles is 1. The minimum absolute atomic E-state index is 0.0474. The van der Waals surface area contributed by atoms with Crippen molar-refractivity contribution in [2.24, 2.45) is 5.92 Å². The van der Waals surface area contributed by atoms with Crippen molar-refractivity contribution in [3.63, 3.8) is 0 Å². The van der Waals surface area contributed by atoms with Gasteiger partial charge in [-0.1, -0.05) is 6.42 Å². The normalized spacial score (nSPS) is 28.5. The second-order valence-electron chi connectivity index (χ2n) is 3.92. The molecule has 0 N–H and O–H groups in total. The molecule has 0 bridgehead atoms. The van der Waals surface area contributed by atoms with Crippen molar-refractivity contribution in [3.05, 3.63) is 0 Å². The van der Waals surface area contributed by atoms with Crippen molar-refractivity contribution >= 4 is 20.6 Å². The van der Waals surface area contributed by atoms with E-state index in [0.29, 0.717) is 0 Å². The number of nitrogens with zero attached hydrogens (tertiary/aromatic N) is 1. The SMILES string of the molecule is CS(=O)(=O)CCS(=O)C1CCCC1C#N. The molecule has 0 spiro atoms. The molecular formula is C9H15NO3S2. The maximum atomic E-state index is 11.8. The monoisotopic (exact) mass is 249 g/mol. The smallest absolute Gasteiger partial charge is 0.148 e. The van der Waals surface area contributed by atoms with Gasteiger partial charge in [-0.25, -0.2) is 8.42 Å². The molecule has 86 valence electrons. The van der Waals surface area contributed by atoms with Crippen molar-refractivity contribution in [1.82, 2.24) is 0 Å². The Balaban J connectivity index is 2.51. The fourth-order valence-electron chi connectivity index (χ4n) is 1.77. The van der Waals surface area contributed by atoms with E-state index in [1.807, 2.05) is 0 Å². The molecule has 1 fully saturated rings. The number of hydrogen-bond acceptors (Lipinski definition) is 4. The highest BCUT2D eigenvalue weighted by Gasteiger charge is 2.31. The summed E-state index contributed by atoms with van der Waals surface area (Å²) in [5, 5.41) is 8.70. The summed E-state index contributed by atoms with van der Waals surface area (Å²) >= 11 is 0. The first kappa shape index (κ1) is 12.7. The summed E-state index contributed by atoms with van der Waals surface area (Å²) < 4.78 is 33.6. The van der Waals surface area contributed by atoms with E-state index >= 15 is 0 Å². The highest BCUT2D eigenvalue weighted by molar-refractivity contribution is 7.92. The molecule has 3 atom stereocenters. The van der Waals surface area contributed by atoms with E-state index in [-0.39, 0.29) is 22.7 Å². The molecule has 6 heteroatoms. The Morgan fingerprint density at radius 2 is 2.13 bits per heavy atom. The van der Waals surface area contributed by atoms with Gasteiger partial charge in [0.25, 0.3) is 0 Å². The Hall–Kier alpha value is -0.410. The van der Waals surface area contributed by atoms with Crippen molar-refractivity contribution in [2.75, 3.05) is 17.8 Å². The average molecular weight is 249 g/mol. The molecule has 0 aromatic heterocycles. The van der Waals surface area contributed by atoms with Crippen molar-refractivity contribution in [2.45, 2.75) is 24.5 Å². The molecule has 0 aromatic carbocycles. The Morgan fingerprint density at radius 1 is 1.47 bits per heavy atom. The Bertz CT molecular complexity index is 383. The van der Waals surface area contributed by atoms with Gasteiger partial charge in [0.1, 0.15) is 9.84 Å². The Labute approximate surface area is 93.0 Å². The largest absolute Gasteiger partial charge is 0.259 e. The van der Waals surface area contributed by atoms with Crippen LogP contribution in [0.1, 0.15) is 19.3 Å². The van der Waals surface area contributed by atoms with Crippen molar-refractivity contribution in [1.29, 1.82) is 5.26 Å². The second-order valence-corrected chi connectivity index (χ2v) is 7.95. The summed E-state index contributed by atoms with van der Waals surface area (Å²) in [6.45, 7) is 0. The molecule has 0 saturated heterocycles. The standard InChI is InChI=1S/C9H15NO3S2/c1-15(12,13)6-5-14(11)9-4-2-3-8(9)7-10/h8-9H,2-6H2,1H3. The van der Waals surface area contributed by atoms with Crippen LogP contribution in [0.4, 0.5) is 0 Å². The summed E-state index contributed by atoms with van der Waals surface area (Å²) in [5.41, 5.74) is 0. The van der Waals surface area contributed by atoms with Crippen molar-refractivity contribution in [3.8, 4) is 6.07 Å². The van der Waals surface area contributed by atoms with Gasteiger partial charge in [0.15, 0.2) is 0 Å². The molecule has 0 heterocycles. The molecular weight excluding hydrogens is 234 g/mol. The lowest BCUT2D eigenvalue weighted by Gasteiger charge is -2.12. The van der Waals surface area contributed by atoms with Gasteiger partial charge in [0.05, 0.1) is 23.0 Å². The molecule has 1 aliphatic carbocycles. The average Bonchev–Trinajstić information content (AvgIpc) is 2.60. The minimum atomic E-state index is -3.05. The van der Waals surface area contributed by atoms with Crippen LogP contribution >= 0.6 is 0 Å². The van der Waals surface area contributed by atoms with Gasteiger partial charge in [-0.3, -0.25) is 4.21 Å². The lowest BCUT2D eigenvalue weighted by atomic mass is 10.1. The predicted molar refractivity (Wildman–Crippen MR) is 59.5 cm³/mol. The highest BCUT2D eigenvalue weighted by Crippen LogP contribution is 2.29. The number of hydrogen-bond donors (Lipinski definition) is 0.